The van der Waals surface area contributed by atoms with Crippen LogP contribution in [0.15, 0.2) is 30.5 Å². The maximum Gasteiger partial charge on any atom is 0.133 e. The Morgan fingerprint density at radius 3 is 2.45 bits per heavy atom. The van der Waals surface area contributed by atoms with Gasteiger partial charge in [0.05, 0.1) is 12.2 Å². The Labute approximate surface area is 120 Å². The molecule has 0 amide bonds. The maximum absolute atomic E-state index is 4.62. The summed E-state index contributed by atoms with van der Waals surface area (Å²) < 4.78 is 0. The van der Waals surface area contributed by atoms with Crippen molar-refractivity contribution in [2.75, 3.05) is 5.32 Å². The number of anilines is 1. The van der Waals surface area contributed by atoms with Gasteiger partial charge in [-0.05, 0) is 18.1 Å². The Morgan fingerprint density at radius 1 is 1.05 bits per heavy atom. The molecule has 0 spiro atoms. The summed E-state index contributed by atoms with van der Waals surface area (Å²) in [7, 11) is 0. The minimum atomic E-state index is 0.323. The molecule has 4 heteroatoms. The third kappa shape index (κ3) is 3.76. The van der Waals surface area contributed by atoms with E-state index in [1.165, 1.54) is 0 Å². The van der Waals surface area contributed by atoms with Crippen molar-refractivity contribution in [2.45, 2.75) is 46.1 Å². The lowest BCUT2D eigenvalue weighted by atomic mass is 10.1. The van der Waals surface area contributed by atoms with E-state index in [9.17, 15) is 0 Å². The van der Waals surface area contributed by atoms with E-state index in [0.717, 1.165) is 23.0 Å². The zero-order valence-electron chi connectivity index (χ0n) is 12.6. The average molecular weight is 270 g/mol. The van der Waals surface area contributed by atoms with Crippen molar-refractivity contribution in [3.63, 3.8) is 0 Å². The first-order chi connectivity index (χ1) is 9.56. The normalized spacial score (nSPS) is 11.1. The molecule has 0 aromatic carbocycles. The average Bonchev–Trinajstić information content (AvgIpc) is 2.45. The van der Waals surface area contributed by atoms with Crippen molar-refractivity contribution in [3.05, 3.63) is 47.7 Å². The predicted molar refractivity (Wildman–Crippen MR) is 81.8 cm³/mol. The first-order valence-electron chi connectivity index (χ1n) is 7.09. The minimum Gasteiger partial charge on any atom is -0.364 e. The van der Waals surface area contributed by atoms with E-state index < -0.39 is 0 Å². The van der Waals surface area contributed by atoms with Gasteiger partial charge in [-0.1, -0.05) is 33.8 Å². The molecule has 2 rings (SSSR count). The van der Waals surface area contributed by atoms with Crippen molar-refractivity contribution in [3.8, 4) is 0 Å². The van der Waals surface area contributed by atoms with Gasteiger partial charge in [0.15, 0.2) is 0 Å². The van der Waals surface area contributed by atoms with E-state index in [0.29, 0.717) is 18.4 Å². The number of rotatable bonds is 5. The van der Waals surface area contributed by atoms with E-state index in [1.807, 2.05) is 24.3 Å². The first kappa shape index (κ1) is 14.4. The second kappa shape index (κ2) is 6.46. The largest absolute Gasteiger partial charge is 0.364 e. The molecule has 0 aliphatic carbocycles. The van der Waals surface area contributed by atoms with Crippen molar-refractivity contribution in [1.29, 1.82) is 0 Å². The molecule has 0 radical (unpaired) electrons. The van der Waals surface area contributed by atoms with Crippen LogP contribution >= 0.6 is 0 Å². The van der Waals surface area contributed by atoms with Crippen molar-refractivity contribution >= 4 is 5.82 Å². The van der Waals surface area contributed by atoms with Crippen molar-refractivity contribution in [1.82, 2.24) is 15.0 Å². The Hall–Kier alpha value is -1.97. The van der Waals surface area contributed by atoms with Crippen molar-refractivity contribution in [2.24, 2.45) is 0 Å². The highest BCUT2D eigenvalue weighted by atomic mass is 15.0. The Bertz CT molecular complexity index is 523. The standard InChI is InChI=1S/C16H22N4/c1-11(2)14-9-15(20-16(19-14)12(3)4)18-10-13-7-5-6-8-17-13/h5-9,11-12H,10H2,1-4H3,(H,18,19,20). The van der Waals surface area contributed by atoms with Crippen LogP contribution in [0.3, 0.4) is 0 Å². The fourth-order valence-electron chi connectivity index (χ4n) is 1.81. The molecule has 0 bridgehead atoms. The second-order valence-electron chi connectivity index (χ2n) is 5.52. The van der Waals surface area contributed by atoms with Crippen LogP contribution in [0.1, 0.15) is 56.7 Å². The van der Waals surface area contributed by atoms with Gasteiger partial charge in [0.1, 0.15) is 11.6 Å². The molecule has 0 fully saturated rings. The molecule has 0 atom stereocenters. The lowest BCUT2D eigenvalue weighted by Gasteiger charge is -2.13. The second-order valence-corrected chi connectivity index (χ2v) is 5.52. The Morgan fingerprint density at radius 2 is 1.85 bits per heavy atom. The van der Waals surface area contributed by atoms with Gasteiger partial charge in [-0.15, -0.1) is 0 Å². The molecule has 1 N–H and O–H groups in total. The van der Waals surface area contributed by atoms with E-state index in [4.69, 9.17) is 0 Å². The van der Waals surface area contributed by atoms with Crippen LogP contribution in [0, 0.1) is 0 Å². The Kier molecular flexibility index (Phi) is 4.66. The molecule has 0 unspecified atom stereocenters. The number of pyridine rings is 1. The molecule has 2 aromatic heterocycles. The van der Waals surface area contributed by atoms with Crippen LogP contribution in [-0.2, 0) is 6.54 Å². The van der Waals surface area contributed by atoms with Crippen LogP contribution in [0.4, 0.5) is 5.82 Å². The smallest absolute Gasteiger partial charge is 0.133 e. The number of nitrogens with zero attached hydrogens (tertiary/aromatic N) is 3. The maximum atomic E-state index is 4.62. The number of nitrogens with one attached hydrogen (secondary N) is 1. The van der Waals surface area contributed by atoms with Gasteiger partial charge < -0.3 is 5.32 Å². The zero-order valence-corrected chi connectivity index (χ0v) is 12.6. The summed E-state index contributed by atoms with van der Waals surface area (Å²) in [4.78, 5) is 13.5. The van der Waals surface area contributed by atoms with Gasteiger partial charge in [0.25, 0.3) is 0 Å². The van der Waals surface area contributed by atoms with E-state index in [2.05, 4.69) is 48.0 Å². The van der Waals surface area contributed by atoms with Crippen LogP contribution in [0.2, 0.25) is 0 Å². The highest BCUT2D eigenvalue weighted by molar-refractivity contribution is 5.37. The minimum absolute atomic E-state index is 0.323. The van der Waals surface area contributed by atoms with Gasteiger partial charge in [-0.2, -0.15) is 0 Å². The van der Waals surface area contributed by atoms with Gasteiger partial charge in [-0.25, -0.2) is 9.97 Å². The van der Waals surface area contributed by atoms with E-state index >= 15 is 0 Å². The molecule has 0 aliphatic heterocycles. The fraction of sp³-hybridized carbons (Fsp3) is 0.438. The van der Waals surface area contributed by atoms with Crippen LogP contribution in [0.5, 0.6) is 0 Å². The van der Waals surface area contributed by atoms with Crippen LogP contribution in [-0.4, -0.2) is 15.0 Å². The summed E-state index contributed by atoms with van der Waals surface area (Å²) in [6.07, 6.45) is 1.80. The van der Waals surface area contributed by atoms with Gasteiger partial charge in [0.2, 0.25) is 0 Å². The SMILES string of the molecule is CC(C)c1cc(NCc2ccccn2)nc(C(C)C)n1. The number of hydrogen-bond acceptors (Lipinski definition) is 4. The summed E-state index contributed by atoms with van der Waals surface area (Å²) in [5, 5.41) is 3.34. The lowest BCUT2D eigenvalue weighted by molar-refractivity contribution is 0.730. The fourth-order valence-corrected chi connectivity index (χ4v) is 1.81. The third-order valence-corrected chi connectivity index (χ3v) is 3.05. The lowest BCUT2D eigenvalue weighted by Crippen LogP contribution is -2.09. The predicted octanol–water partition coefficient (Wildman–Crippen LogP) is 3.73. The quantitative estimate of drug-likeness (QED) is 0.899. The third-order valence-electron chi connectivity index (χ3n) is 3.05. The molecule has 4 nitrogen and oxygen atoms in total. The summed E-state index contributed by atoms with van der Waals surface area (Å²) >= 11 is 0. The molecule has 106 valence electrons. The van der Waals surface area contributed by atoms with E-state index in [1.54, 1.807) is 6.20 Å². The van der Waals surface area contributed by atoms with Crippen LogP contribution in [0.25, 0.3) is 0 Å². The van der Waals surface area contributed by atoms with Gasteiger partial charge >= 0.3 is 0 Å². The summed E-state index contributed by atoms with van der Waals surface area (Å²) in [6.45, 7) is 9.20. The Balaban J connectivity index is 2.18. The number of hydrogen-bond donors (Lipinski definition) is 1. The molecule has 2 aromatic rings. The molecular formula is C16H22N4. The number of aromatic nitrogens is 3. The van der Waals surface area contributed by atoms with E-state index in [-0.39, 0.29) is 0 Å². The molecule has 0 aliphatic rings. The summed E-state index contributed by atoms with van der Waals surface area (Å²) in [5.74, 6) is 2.48. The highest BCUT2D eigenvalue weighted by Crippen LogP contribution is 2.19. The monoisotopic (exact) mass is 270 g/mol. The highest BCUT2D eigenvalue weighted by Gasteiger charge is 2.10. The molecule has 0 saturated heterocycles. The van der Waals surface area contributed by atoms with Crippen LogP contribution < -0.4 is 5.32 Å². The molecular weight excluding hydrogens is 248 g/mol. The van der Waals surface area contributed by atoms with Crippen molar-refractivity contribution < 1.29 is 0 Å². The summed E-state index contributed by atoms with van der Waals surface area (Å²) in [5.41, 5.74) is 2.08. The zero-order chi connectivity index (χ0) is 14.5. The topological polar surface area (TPSA) is 50.7 Å². The molecule has 0 saturated carbocycles. The first-order valence-corrected chi connectivity index (χ1v) is 7.09. The van der Waals surface area contributed by atoms with Gasteiger partial charge in [0, 0.05) is 23.9 Å². The molecule has 20 heavy (non-hydrogen) atoms. The molecule has 2 heterocycles. The van der Waals surface area contributed by atoms with Gasteiger partial charge in [-0.3, -0.25) is 4.98 Å². The summed E-state index contributed by atoms with van der Waals surface area (Å²) in [6, 6.07) is 7.94.